The number of carbonyl (C=O) groups is 2. The van der Waals surface area contributed by atoms with E-state index in [4.69, 9.17) is 15.2 Å². The second kappa shape index (κ2) is 9.09. The van der Waals surface area contributed by atoms with Crippen molar-refractivity contribution in [2.45, 2.75) is 38.3 Å². The lowest BCUT2D eigenvalue weighted by Crippen LogP contribution is -2.43. The number of piperidine rings is 1. The van der Waals surface area contributed by atoms with E-state index in [9.17, 15) is 9.59 Å². The summed E-state index contributed by atoms with van der Waals surface area (Å²) in [7, 11) is 4.39. The van der Waals surface area contributed by atoms with Crippen LogP contribution in [0, 0.1) is 0 Å². The number of rotatable bonds is 4. The summed E-state index contributed by atoms with van der Waals surface area (Å²) >= 11 is 0. The molecule has 8 nitrogen and oxygen atoms in total. The standard InChI is InChI=1S/C17H24N4.C4H4O4/c1-19(2)14-8-11-20(12-9-14)17-18-15-7-3-5-13-6-4-10-21(17)16(13)15;5-3(6)1-2-4(7)8/h3,5,7,14H,4,6,8-12H2,1-2H3;1-2H,(H,5,6)(H,7,8)/b;2-1+. The molecule has 0 unspecified atom stereocenters. The fourth-order valence-corrected chi connectivity index (χ4v) is 4.06. The molecule has 156 valence electrons. The number of benzene rings is 1. The van der Waals surface area contributed by atoms with Gasteiger partial charge in [0.1, 0.15) is 0 Å². The number of nitrogens with zero attached hydrogens (tertiary/aromatic N) is 4. The van der Waals surface area contributed by atoms with E-state index in [1.165, 1.54) is 48.2 Å². The summed E-state index contributed by atoms with van der Waals surface area (Å²) in [6, 6.07) is 7.31. The van der Waals surface area contributed by atoms with Crippen LogP contribution >= 0.6 is 0 Å². The number of anilines is 1. The molecule has 1 fully saturated rings. The van der Waals surface area contributed by atoms with Gasteiger partial charge in [-0.1, -0.05) is 12.1 Å². The van der Waals surface area contributed by atoms with Gasteiger partial charge in [-0.3, -0.25) is 0 Å². The van der Waals surface area contributed by atoms with Crippen LogP contribution in [0.15, 0.2) is 30.4 Å². The van der Waals surface area contributed by atoms with Crippen LogP contribution in [0.2, 0.25) is 0 Å². The van der Waals surface area contributed by atoms with Crippen molar-refractivity contribution >= 4 is 28.9 Å². The van der Waals surface area contributed by atoms with Gasteiger partial charge in [0.2, 0.25) is 5.95 Å². The summed E-state index contributed by atoms with van der Waals surface area (Å²) in [5.41, 5.74) is 4.03. The van der Waals surface area contributed by atoms with Crippen molar-refractivity contribution in [2.75, 3.05) is 32.1 Å². The summed E-state index contributed by atoms with van der Waals surface area (Å²) in [5, 5.41) is 15.6. The van der Waals surface area contributed by atoms with Crippen LogP contribution in [-0.2, 0) is 22.6 Å². The molecule has 2 N–H and O–H groups in total. The highest BCUT2D eigenvalue weighted by Gasteiger charge is 2.26. The predicted octanol–water partition coefficient (Wildman–Crippen LogP) is 2.22. The van der Waals surface area contributed by atoms with Crippen molar-refractivity contribution in [1.29, 1.82) is 0 Å². The zero-order chi connectivity index (χ0) is 21.0. The number of aromatic nitrogens is 2. The SMILES string of the molecule is CN(C)C1CCN(c2nc3cccc4c3n2CCC4)CC1.O=C(O)/C=C/C(=O)O. The van der Waals surface area contributed by atoms with Crippen molar-refractivity contribution in [3.8, 4) is 0 Å². The third kappa shape index (κ3) is 4.95. The van der Waals surface area contributed by atoms with Gasteiger partial charge in [-0.05, 0) is 51.4 Å². The highest BCUT2D eigenvalue weighted by Crippen LogP contribution is 2.31. The lowest BCUT2D eigenvalue weighted by atomic mass is 10.0. The first-order chi connectivity index (χ1) is 13.9. The molecule has 3 heterocycles. The number of hydrogen-bond acceptors (Lipinski definition) is 5. The summed E-state index contributed by atoms with van der Waals surface area (Å²) < 4.78 is 2.46. The Hall–Kier alpha value is -2.87. The molecule has 0 spiro atoms. The molecule has 1 aromatic carbocycles. The van der Waals surface area contributed by atoms with Crippen molar-refractivity contribution in [1.82, 2.24) is 14.5 Å². The van der Waals surface area contributed by atoms with Gasteiger partial charge < -0.3 is 24.6 Å². The van der Waals surface area contributed by atoms with Crippen molar-refractivity contribution in [3.05, 3.63) is 35.9 Å². The molecule has 2 aliphatic rings. The maximum Gasteiger partial charge on any atom is 0.328 e. The molecule has 0 atom stereocenters. The van der Waals surface area contributed by atoms with Crippen LogP contribution in [0.5, 0.6) is 0 Å². The molecular weight excluding hydrogens is 372 g/mol. The van der Waals surface area contributed by atoms with E-state index in [1.807, 2.05) is 0 Å². The zero-order valence-corrected chi connectivity index (χ0v) is 16.9. The van der Waals surface area contributed by atoms with Gasteiger partial charge in [0.25, 0.3) is 0 Å². The van der Waals surface area contributed by atoms with E-state index < -0.39 is 11.9 Å². The van der Waals surface area contributed by atoms with Crippen LogP contribution in [0.1, 0.15) is 24.8 Å². The molecule has 0 saturated carbocycles. The minimum Gasteiger partial charge on any atom is -0.478 e. The maximum absolute atomic E-state index is 9.55. The minimum absolute atomic E-state index is 0.558. The Morgan fingerprint density at radius 3 is 2.34 bits per heavy atom. The van der Waals surface area contributed by atoms with Gasteiger partial charge in [0, 0.05) is 37.8 Å². The summed E-state index contributed by atoms with van der Waals surface area (Å²) in [6.45, 7) is 3.37. The number of imidazole rings is 1. The Labute approximate surface area is 170 Å². The molecule has 1 saturated heterocycles. The Kier molecular flexibility index (Phi) is 6.53. The zero-order valence-electron chi connectivity index (χ0n) is 16.9. The van der Waals surface area contributed by atoms with E-state index in [2.05, 4.69) is 46.7 Å². The normalized spacial score (nSPS) is 16.9. The predicted molar refractivity (Wildman–Crippen MR) is 111 cm³/mol. The van der Waals surface area contributed by atoms with E-state index in [0.717, 1.165) is 25.7 Å². The van der Waals surface area contributed by atoms with Gasteiger partial charge >= 0.3 is 11.9 Å². The average molecular weight is 400 g/mol. The number of hydrogen-bond donors (Lipinski definition) is 2. The lowest BCUT2D eigenvalue weighted by molar-refractivity contribution is -0.134. The van der Waals surface area contributed by atoms with E-state index >= 15 is 0 Å². The van der Waals surface area contributed by atoms with Crippen LogP contribution in [0.25, 0.3) is 11.0 Å². The topological polar surface area (TPSA) is 98.9 Å². The van der Waals surface area contributed by atoms with E-state index in [0.29, 0.717) is 12.2 Å². The number of aliphatic carboxylic acids is 2. The molecule has 29 heavy (non-hydrogen) atoms. The van der Waals surface area contributed by atoms with Gasteiger partial charge in [0.15, 0.2) is 0 Å². The number of carboxylic acids is 2. The third-order valence-electron chi connectivity index (χ3n) is 5.50. The Morgan fingerprint density at radius 2 is 1.76 bits per heavy atom. The number of para-hydroxylation sites is 1. The molecule has 1 aromatic heterocycles. The summed E-state index contributed by atoms with van der Waals surface area (Å²) in [6.07, 6.45) is 6.03. The molecule has 2 aromatic rings. The van der Waals surface area contributed by atoms with Gasteiger partial charge in [0.05, 0.1) is 11.0 Å². The fraction of sp³-hybridized carbons (Fsp3) is 0.476. The van der Waals surface area contributed by atoms with Crippen LogP contribution in [0.4, 0.5) is 5.95 Å². The molecule has 0 amide bonds. The molecular formula is C21H28N4O4. The van der Waals surface area contributed by atoms with Crippen molar-refractivity contribution < 1.29 is 19.8 Å². The van der Waals surface area contributed by atoms with Crippen molar-refractivity contribution in [2.24, 2.45) is 0 Å². The van der Waals surface area contributed by atoms with Gasteiger partial charge in [-0.25, -0.2) is 14.6 Å². The number of aryl methyl sites for hydroxylation is 2. The van der Waals surface area contributed by atoms with Gasteiger partial charge in [-0.2, -0.15) is 0 Å². The smallest absolute Gasteiger partial charge is 0.328 e. The lowest BCUT2D eigenvalue weighted by Gasteiger charge is -2.36. The number of carboxylic acid groups (broad SMARTS) is 2. The summed E-state index contributed by atoms with van der Waals surface area (Å²) in [5.74, 6) is -1.31. The van der Waals surface area contributed by atoms with Crippen LogP contribution in [-0.4, -0.2) is 69.8 Å². The maximum atomic E-state index is 9.55. The second-order valence-corrected chi connectivity index (χ2v) is 7.64. The quantitative estimate of drug-likeness (QED) is 0.759. The first-order valence-electron chi connectivity index (χ1n) is 9.90. The Morgan fingerprint density at radius 1 is 1.10 bits per heavy atom. The fourth-order valence-electron chi connectivity index (χ4n) is 4.06. The van der Waals surface area contributed by atoms with E-state index in [-0.39, 0.29) is 0 Å². The summed E-state index contributed by atoms with van der Waals surface area (Å²) in [4.78, 5) is 28.9. The first-order valence-corrected chi connectivity index (χ1v) is 9.90. The first kappa shape index (κ1) is 20.9. The largest absolute Gasteiger partial charge is 0.478 e. The highest BCUT2D eigenvalue weighted by molar-refractivity contribution is 5.89. The molecule has 4 rings (SSSR count). The van der Waals surface area contributed by atoms with E-state index in [1.54, 1.807) is 0 Å². The molecule has 0 bridgehead atoms. The molecule has 0 aliphatic carbocycles. The second-order valence-electron chi connectivity index (χ2n) is 7.64. The van der Waals surface area contributed by atoms with Crippen LogP contribution in [0.3, 0.4) is 0 Å². The van der Waals surface area contributed by atoms with Crippen molar-refractivity contribution in [3.63, 3.8) is 0 Å². The molecule has 8 heteroatoms. The minimum atomic E-state index is -1.26. The Balaban J connectivity index is 0.000000258. The molecule has 2 aliphatic heterocycles. The van der Waals surface area contributed by atoms with Gasteiger partial charge in [-0.15, -0.1) is 0 Å². The third-order valence-corrected chi connectivity index (χ3v) is 5.50. The highest BCUT2D eigenvalue weighted by atomic mass is 16.4. The van der Waals surface area contributed by atoms with Crippen LogP contribution < -0.4 is 4.90 Å². The molecule has 0 radical (unpaired) electrons. The average Bonchev–Trinajstić information content (AvgIpc) is 3.08. The Bertz CT molecular complexity index is 895. The monoisotopic (exact) mass is 400 g/mol.